The Bertz CT molecular complexity index is 594. The molecule has 1 aromatic carbocycles. The number of rotatable bonds is 5. The van der Waals surface area contributed by atoms with Crippen molar-refractivity contribution in [2.45, 2.75) is 51.7 Å². The average molecular weight is 318 g/mol. The summed E-state index contributed by atoms with van der Waals surface area (Å²) in [5.41, 5.74) is 0.508. The number of ether oxygens (including phenoxy) is 1. The molecule has 0 radical (unpaired) electrons. The summed E-state index contributed by atoms with van der Waals surface area (Å²) in [7, 11) is 0. The number of Topliss-reactive ketones (excluding diaryl/α,β-unsaturated/α-hetero) is 1. The maximum absolute atomic E-state index is 12.0. The molecule has 3 amide bonds. The molecule has 1 aromatic rings. The molecule has 1 aliphatic rings. The number of imide groups is 1. The lowest BCUT2D eigenvalue weighted by Gasteiger charge is -2.16. The van der Waals surface area contributed by atoms with Crippen molar-refractivity contribution in [3.05, 3.63) is 29.8 Å². The fourth-order valence-electron chi connectivity index (χ4n) is 2.55. The summed E-state index contributed by atoms with van der Waals surface area (Å²) in [5.74, 6) is -0.186. The largest absolute Gasteiger partial charge is 0.481 e. The van der Waals surface area contributed by atoms with E-state index >= 15 is 0 Å². The van der Waals surface area contributed by atoms with E-state index in [-0.39, 0.29) is 11.8 Å². The normalized spacial score (nSPS) is 15.7. The van der Waals surface area contributed by atoms with E-state index in [9.17, 15) is 14.4 Å². The summed E-state index contributed by atoms with van der Waals surface area (Å²) in [6.07, 6.45) is 3.26. The minimum Gasteiger partial charge on any atom is -0.481 e. The molecule has 6 nitrogen and oxygen atoms in total. The van der Waals surface area contributed by atoms with E-state index in [1.807, 2.05) is 0 Å². The van der Waals surface area contributed by atoms with Crippen molar-refractivity contribution in [1.29, 1.82) is 0 Å². The second kappa shape index (κ2) is 7.76. The van der Waals surface area contributed by atoms with Gasteiger partial charge in [0.15, 0.2) is 11.9 Å². The molecular formula is C17H22N2O4. The van der Waals surface area contributed by atoms with Crippen LogP contribution in [0.15, 0.2) is 24.3 Å². The van der Waals surface area contributed by atoms with Gasteiger partial charge in [0.1, 0.15) is 5.75 Å². The van der Waals surface area contributed by atoms with Crippen molar-refractivity contribution in [3.63, 3.8) is 0 Å². The average Bonchev–Trinajstić information content (AvgIpc) is 3.00. The Morgan fingerprint density at radius 2 is 1.91 bits per heavy atom. The molecule has 2 rings (SSSR count). The standard InChI is InChI=1S/C17H22N2O4/c1-11(20)13-6-5-9-15(10-13)23-12(2)16(21)19-17(22)18-14-7-3-4-8-14/h5-6,9-10,12,14H,3-4,7-8H2,1-2H3,(H2,18,19,21,22)/t12-/m1/s1. The highest BCUT2D eigenvalue weighted by molar-refractivity contribution is 5.96. The Kier molecular flexibility index (Phi) is 5.73. The number of carbonyl (C=O) groups excluding carboxylic acids is 3. The molecule has 0 saturated heterocycles. The second-order valence-electron chi connectivity index (χ2n) is 5.79. The predicted molar refractivity (Wildman–Crippen MR) is 85.5 cm³/mol. The quantitative estimate of drug-likeness (QED) is 0.817. The van der Waals surface area contributed by atoms with E-state index in [1.54, 1.807) is 31.2 Å². The van der Waals surface area contributed by atoms with E-state index in [0.29, 0.717) is 11.3 Å². The van der Waals surface area contributed by atoms with Gasteiger partial charge in [-0.2, -0.15) is 0 Å². The molecule has 2 N–H and O–H groups in total. The third-order valence-corrected chi connectivity index (χ3v) is 3.85. The minimum atomic E-state index is -0.841. The molecule has 124 valence electrons. The van der Waals surface area contributed by atoms with Crippen molar-refractivity contribution in [2.24, 2.45) is 0 Å². The van der Waals surface area contributed by atoms with E-state index < -0.39 is 18.0 Å². The lowest BCUT2D eigenvalue weighted by Crippen LogP contribution is -2.47. The van der Waals surface area contributed by atoms with Gasteiger partial charge in [-0.25, -0.2) is 4.79 Å². The van der Waals surface area contributed by atoms with Crippen LogP contribution in [-0.2, 0) is 4.79 Å². The molecule has 23 heavy (non-hydrogen) atoms. The van der Waals surface area contributed by atoms with Crippen LogP contribution in [0.5, 0.6) is 5.75 Å². The first kappa shape index (κ1) is 17.0. The van der Waals surface area contributed by atoms with Crippen molar-refractivity contribution in [1.82, 2.24) is 10.6 Å². The number of urea groups is 1. The first-order valence-corrected chi connectivity index (χ1v) is 7.84. The van der Waals surface area contributed by atoms with Crippen LogP contribution in [0, 0.1) is 0 Å². The minimum absolute atomic E-state index is 0.0801. The lowest BCUT2D eigenvalue weighted by molar-refractivity contribution is -0.126. The monoisotopic (exact) mass is 318 g/mol. The molecule has 0 aliphatic heterocycles. The van der Waals surface area contributed by atoms with E-state index in [0.717, 1.165) is 25.7 Å². The van der Waals surface area contributed by atoms with Crippen LogP contribution in [0.4, 0.5) is 4.79 Å². The molecule has 0 unspecified atom stereocenters. The van der Waals surface area contributed by atoms with Crippen LogP contribution in [-0.4, -0.2) is 29.9 Å². The third kappa shape index (κ3) is 5.09. The van der Waals surface area contributed by atoms with Gasteiger partial charge < -0.3 is 10.1 Å². The van der Waals surface area contributed by atoms with Crippen molar-refractivity contribution in [2.75, 3.05) is 0 Å². The number of hydrogen-bond donors (Lipinski definition) is 2. The topological polar surface area (TPSA) is 84.5 Å². The van der Waals surface area contributed by atoms with Gasteiger partial charge in [-0.1, -0.05) is 25.0 Å². The van der Waals surface area contributed by atoms with Crippen LogP contribution in [0.25, 0.3) is 0 Å². The Hall–Kier alpha value is -2.37. The van der Waals surface area contributed by atoms with Gasteiger partial charge in [-0.3, -0.25) is 14.9 Å². The smallest absolute Gasteiger partial charge is 0.321 e. The highest BCUT2D eigenvalue weighted by Gasteiger charge is 2.21. The number of nitrogens with one attached hydrogen (secondary N) is 2. The van der Waals surface area contributed by atoms with E-state index in [4.69, 9.17) is 4.74 Å². The number of ketones is 1. The highest BCUT2D eigenvalue weighted by Crippen LogP contribution is 2.17. The van der Waals surface area contributed by atoms with Gasteiger partial charge in [0, 0.05) is 11.6 Å². The number of amides is 3. The molecule has 1 saturated carbocycles. The van der Waals surface area contributed by atoms with Crippen LogP contribution < -0.4 is 15.4 Å². The summed E-state index contributed by atoms with van der Waals surface area (Å²) >= 11 is 0. The molecule has 6 heteroatoms. The van der Waals surface area contributed by atoms with Gasteiger partial charge in [-0.15, -0.1) is 0 Å². The van der Waals surface area contributed by atoms with Gasteiger partial charge in [0.2, 0.25) is 0 Å². The van der Waals surface area contributed by atoms with E-state index in [2.05, 4.69) is 10.6 Å². The number of carbonyl (C=O) groups is 3. The summed E-state index contributed by atoms with van der Waals surface area (Å²) in [6, 6.07) is 6.25. The summed E-state index contributed by atoms with van der Waals surface area (Å²) < 4.78 is 5.49. The Balaban J connectivity index is 1.85. The van der Waals surface area contributed by atoms with Crippen LogP contribution in [0.1, 0.15) is 49.9 Å². The van der Waals surface area contributed by atoms with Crippen molar-refractivity contribution < 1.29 is 19.1 Å². The molecule has 0 aromatic heterocycles. The van der Waals surface area contributed by atoms with Crippen molar-refractivity contribution in [3.8, 4) is 5.75 Å². The Morgan fingerprint density at radius 3 is 2.57 bits per heavy atom. The fourth-order valence-corrected chi connectivity index (χ4v) is 2.55. The molecule has 1 atom stereocenters. The molecular weight excluding hydrogens is 296 g/mol. The molecule has 0 heterocycles. The molecule has 1 aliphatic carbocycles. The van der Waals surface area contributed by atoms with Crippen molar-refractivity contribution >= 4 is 17.7 Å². The Morgan fingerprint density at radius 1 is 1.22 bits per heavy atom. The first-order valence-electron chi connectivity index (χ1n) is 7.84. The van der Waals surface area contributed by atoms with E-state index in [1.165, 1.54) is 6.92 Å². The third-order valence-electron chi connectivity index (χ3n) is 3.85. The summed E-state index contributed by atoms with van der Waals surface area (Å²) in [5, 5.41) is 5.06. The Labute approximate surface area is 135 Å². The van der Waals surface area contributed by atoms with Crippen LogP contribution in [0.2, 0.25) is 0 Å². The first-order chi connectivity index (χ1) is 11.0. The number of hydrogen-bond acceptors (Lipinski definition) is 4. The predicted octanol–water partition coefficient (Wildman–Crippen LogP) is 2.42. The summed E-state index contributed by atoms with van der Waals surface area (Å²) in [4.78, 5) is 35.1. The van der Waals surface area contributed by atoms with Gasteiger partial charge in [0.05, 0.1) is 0 Å². The number of benzene rings is 1. The second-order valence-corrected chi connectivity index (χ2v) is 5.79. The van der Waals surface area contributed by atoms with Crippen LogP contribution >= 0.6 is 0 Å². The zero-order chi connectivity index (χ0) is 16.8. The van der Waals surface area contributed by atoms with Crippen LogP contribution in [0.3, 0.4) is 0 Å². The summed E-state index contributed by atoms with van der Waals surface area (Å²) in [6.45, 7) is 3.02. The maximum Gasteiger partial charge on any atom is 0.321 e. The molecule has 0 bridgehead atoms. The molecule has 1 fully saturated rings. The fraction of sp³-hybridized carbons (Fsp3) is 0.471. The SMILES string of the molecule is CC(=O)c1cccc(O[C@H](C)C(=O)NC(=O)NC2CCCC2)c1. The van der Waals surface area contributed by atoms with Gasteiger partial charge in [-0.05, 0) is 38.8 Å². The van der Waals surface area contributed by atoms with Gasteiger partial charge >= 0.3 is 6.03 Å². The highest BCUT2D eigenvalue weighted by atomic mass is 16.5. The zero-order valence-corrected chi connectivity index (χ0v) is 13.4. The lowest BCUT2D eigenvalue weighted by atomic mass is 10.1. The molecule has 0 spiro atoms. The van der Waals surface area contributed by atoms with Gasteiger partial charge in [0.25, 0.3) is 5.91 Å². The zero-order valence-electron chi connectivity index (χ0n) is 13.4. The maximum atomic E-state index is 12.0.